The third-order valence-corrected chi connectivity index (χ3v) is 3.37. The van der Waals surface area contributed by atoms with Gasteiger partial charge in [0, 0.05) is 32.9 Å². The minimum atomic E-state index is 0.641. The molecular formula is C14H23N3O. The maximum Gasteiger partial charge on any atom is 0.128 e. The summed E-state index contributed by atoms with van der Waals surface area (Å²) in [6, 6.07) is 4.23. The van der Waals surface area contributed by atoms with Crippen molar-refractivity contribution in [2.75, 3.05) is 38.8 Å². The first kappa shape index (κ1) is 13.3. The molecule has 1 saturated heterocycles. The number of hydrogen-bond acceptors (Lipinski definition) is 4. The summed E-state index contributed by atoms with van der Waals surface area (Å²) in [7, 11) is 4.05. The molecule has 1 aliphatic heterocycles. The summed E-state index contributed by atoms with van der Waals surface area (Å²) in [5, 5.41) is 3.13. The number of nitrogens with zero attached hydrogens (tertiary/aromatic N) is 2. The molecule has 0 amide bonds. The van der Waals surface area contributed by atoms with Crippen molar-refractivity contribution in [2.45, 2.75) is 19.4 Å². The number of rotatable bonds is 5. The third kappa shape index (κ3) is 3.68. The van der Waals surface area contributed by atoms with Crippen LogP contribution in [0.5, 0.6) is 0 Å². The van der Waals surface area contributed by atoms with E-state index < -0.39 is 0 Å². The second kappa shape index (κ2) is 6.71. The van der Waals surface area contributed by atoms with Gasteiger partial charge in [-0.2, -0.15) is 0 Å². The van der Waals surface area contributed by atoms with Crippen LogP contribution < -0.4 is 10.2 Å². The van der Waals surface area contributed by atoms with E-state index in [4.69, 9.17) is 4.74 Å². The van der Waals surface area contributed by atoms with Crippen LogP contribution in [0, 0.1) is 5.92 Å². The molecule has 1 N–H and O–H groups in total. The standard InChI is InChI=1S/C14H23N3O/c1-15-8-12-5-6-14(16-9-12)17(2)10-13-4-3-7-18-11-13/h5-6,9,13,15H,3-4,7-8,10-11H2,1-2H3. The average molecular weight is 249 g/mol. The summed E-state index contributed by atoms with van der Waals surface area (Å²) in [5.74, 6) is 1.68. The summed E-state index contributed by atoms with van der Waals surface area (Å²) in [6.07, 6.45) is 4.40. The Morgan fingerprint density at radius 1 is 1.50 bits per heavy atom. The minimum absolute atomic E-state index is 0.641. The Morgan fingerprint density at radius 2 is 2.39 bits per heavy atom. The van der Waals surface area contributed by atoms with Crippen molar-refractivity contribution in [1.29, 1.82) is 0 Å². The molecular weight excluding hydrogens is 226 g/mol. The van der Waals surface area contributed by atoms with Gasteiger partial charge in [0.1, 0.15) is 5.82 Å². The molecule has 2 rings (SSSR count). The normalized spacial score (nSPS) is 19.8. The quantitative estimate of drug-likeness (QED) is 0.861. The van der Waals surface area contributed by atoms with E-state index in [0.29, 0.717) is 5.92 Å². The lowest BCUT2D eigenvalue weighted by atomic mass is 10.0. The summed E-state index contributed by atoms with van der Waals surface area (Å²) in [5.41, 5.74) is 1.22. The summed E-state index contributed by atoms with van der Waals surface area (Å²) >= 11 is 0. The first-order valence-electron chi connectivity index (χ1n) is 6.68. The van der Waals surface area contributed by atoms with E-state index in [9.17, 15) is 0 Å². The van der Waals surface area contributed by atoms with Crippen molar-refractivity contribution in [3.8, 4) is 0 Å². The van der Waals surface area contributed by atoms with Crippen molar-refractivity contribution >= 4 is 5.82 Å². The highest BCUT2D eigenvalue weighted by molar-refractivity contribution is 5.38. The van der Waals surface area contributed by atoms with Crippen molar-refractivity contribution in [1.82, 2.24) is 10.3 Å². The maximum absolute atomic E-state index is 5.51. The fraction of sp³-hybridized carbons (Fsp3) is 0.643. The zero-order valence-corrected chi connectivity index (χ0v) is 11.4. The van der Waals surface area contributed by atoms with Gasteiger partial charge in [0.25, 0.3) is 0 Å². The van der Waals surface area contributed by atoms with E-state index in [0.717, 1.165) is 32.1 Å². The first-order valence-corrected chi connectivity index (χ1v) is 6.68. The van der Waals surface area contributed by atoms with Crippen LogP contribution in [0.15, 0.2) is 18.3 Å². The fourth-order valence-corrected chi connectivity index (χ4v) is 2.38. The Bertz CT molecular complexity index is 347. The SMILES string of the molecule is CNCc1ccc(N(C)CC2CCCOC2)nc1. The molecule has 0 saturated carbocycles. The smallest absolute Gasteiger partial charge is 0.128 e. The molecule has 0 spiro atoms. The van der Waals surface area contributed by atoms with Gasteiger partial charge in [-0.25, -0.2) is 4.98 Å². The monoisotopic (exact) mass is 249 g/mol. The van der Waals surface area contributed by atoms with E-state index in [2.05, 4.69) is 34.4 Å². The van der Waals surface area contributed by atoms with E-state index in [1.165, 1.54) is 18.4 Å². The van der Waals surface area contributed by atoms with Crippen LogP contribution in [0.1, 0.15) is 18.4 Å². The fourth-order valence-electron chi connectivity index (χ4n) is 2.38. The third-order valence-electron chi connectivity index (χ3n) is 3.37. The van der Waals surface area contributed by atoms with Crippen molar-refractivity contribution < 1.29 is 4.74 Å². The van der Waals surface area contributed by atoms with Gasteiger partial charge >= 0.3 is 0 Å². The van der Waals surface area contributed by atoms with Crippen LogP contribution in [0.2, 0.25) is 0 Å². The summed E-state index contributed by atoms with van der Waals surface area (Å²) in [4.78, 5) is 6.73. The van der Waals surface area contributed by atoms with E-state index >= 15 is 0 Å². The molecule has 1 aromatic heterocycles. The van der Waals surface area contributed by atoms with Crippen LogP contribution in [0.3, 0.4) is 0 Å². The van der Waals surface area contributed by atoms with Crippen molar-refractivity contribution in [3.05, 3.63) is 23.9 Å². The lowest BCUT2D eigenvalue weighted by molar-refractivity contribution is 0.0576. The summed E-state index contributed by atoms with van der Waals surface area (Å²) < 4.78 is 5.51. The zero-order chi connectivity index (χ0) is 12.8. The van der Waals surface area contributed by atoms with Crippen LogP contribution in [0.25, 0.3) is 0 Å². The Balaban J connectivity index is 1.89. The molecule has 1 aromatic rings. The predicted octanol–water partition coefficient (Wildman–Crippen LogP) is 1.66. The second-order valence-corrected chi connectivity index (χ2v) is 5.02. The van der Waals surface area contributed by atoms with Crippen molar-refractivity contribution in [3.63, 3.8) is 0 Å². The van der Waals surface area contributed by atoms with Crippen molar-refractivity contribution in [2.24, 2.45) is 5.92 Å². The van der Waals surface area contributed by atoms with E-state index in [-0.39, 0.29) is 0 Å². The molecule has 0 bridgehead atoms. The molecule has 1 atom stereocenters. The van der Waals surface area contributed by atoms with Gasteiger partial charge in [0.2, 0.25) is 0 Å². The van der Waals surface area contributed by atoms with Gasteiger partial charge in [-0.3, -0.25) is 0 Å². The molecule has 4 heteroatoms. The highest BCUT2D eigenvalue weighted by Crippen LogP contribution is 2.17. The number of pyridine rings is 1. The number of anilines is 1. The van der Waals surface area contributed by atoms with Crippen LogP contribution in [-0.2, 0) is 11.3 Å². The molecule has 0 aromatic carbocycles. The molecule has 1 fully saturated rings. The number of nitrogens with one attached hydrogen (secondary N) is 1. The van der Waals surface area contributed by atoms with E-state index in [1.807, 2.05) is 13.2 Å². The number of ether oxygens (including phenoxy) is 1. The van der Waals surface area contributed by atoms with E-state index in [1.54, 1.807) is 0 Å². The van der Waals surface area contributed by atoms with Gasteiger partial charge < -0.3 is 15.0 Å². The lowest BCUT2D eigenvalue weighted by Crippen LogP contribution is -2.31. The molecule has 0 radical (unpaired) electrons. The number of aromatic nitrogens is 1. The van der Waals surface area contributed by atoms with Crippen LogP contribution in [-0.4, -0.2) is 38.8 Å². The van der Waals surface area contributed by atoms with Gasteiger partial charge in [0.15, 0.2) is 0 Å². The predicted molar refractivity (Wildman–Crippen MR) is 73.8 cm³/mol. The Hall–Kier alpha value is -1.13. The van der Waals surface area contributed by atoms with Gasteiger partial charge in [-0.15, -0.1) is 0 Å². The number of hydrogen-bond donors (Lipinski definition) is 1. The first-order chi connectivity index (χ1) is 8.79. The largest absolute Gasteiger partial charge is 0.381 e. The molecule has 100 valence electrons. The van der Waals surface area contributed by atoms with Crippen LogP contribution >= 0.6 is 0 Å². The molecule has 1 unspecified atom stereocenters. The minimum Gasteiger partial charge on any atom is -0.381 e. The highest BCUT2D eigenvalue weighted by Gasteiger charge is 2.16. The molecule has 0 aliphatic carbocycles. The van der Waals surface area contributed by atoms with Crippen LogP contribution in [0.4, 0.5) is 5.82 Å². The van der Waals surface area contributed by atoms with Gasteiger partial charge in [0.05, 0.1) is 6.61 Å². The second-order valence-electron chi connectivity index (χ2n) is 5.02. The van der Waals surface area contributed by atoms with Gasteiger partial charge in [-0.05, 0) is 37.4 Å². The lowest BCUT2D eigenvalue weighted by Gasteiger charge is -2.27. The topological polar surface area (TPSA) is 37.4 Å². The zero-order valence-electron chi connectivity index (χ0n) is 11.4. The Morgan fingerprint density at radius 3 is 3.00 bits per heavy atom. The Kier molecular flexibility index (Phi) is 4.96. The maximum atomic E-state index is 5.51. The highest BCUT2D eigenvalue weighted by atomic mass is 16.5. The molecule has 2 heterocycles. The molecule has 4 nitrogen and oxygen atoms in total. The summed E-state index contributed by atoms with van der Waals surface area (Å²) in [6.45, 7) is 3.71. The average Bonchev–Trinajstić information content (AvgIpc) is 2.41. The van der Waals surface area contributed by atoms with Gasteiger partial charge in [-0.1, -0.05) is 6.07 Å². The molecule has 1 aliphatic rings. The molecule has 18 heavy (non-hydrogen) atoms. The Labute approximate surface area is 109 Å².